The molecule has 2 aliphatic rings. The Kier molecular flexibility index (Phi) is 4.94. The lowest BCUT2D eigenvalue weighted by molar-refractivity contribution is 0.101. The number of hydrogen-bond donors (Lipinski definition) is 1. The standard InChI is InChI=1S/C17H26N2O3S/c1-23(21,22)19-11-5-6-14-12-15(7-8-16(14)19)17(20)13-18-9-3-2-4-10-18/h7-8,12,17,20H,2-6,9-11,13H2,1H3. The first kappa shape index (κ1) is 16.7. The maximum absolute atomic E-state index is 11.9. The van der Waals surface area contributed by atoms with E-state index in [9.17, 15) is 13.5 Å². The second-order valence-electron chi connectivity index (χ2n) is 6.70. The number of anilines is 1. The van der Waals surface area contributed by atoms with Gasteiger partial charge in [0.2, 0.25) is 10.0 Å². The van der Waals surface area contributed by atoms with Crippen LogP contribution >= 0.6 is 0 Å². The Labute approximate surface area is 139 Å². The van der Waals surface area contributed by atoms with Gasteiger partial charge in [-0.1, -0.05) is 18.6 Å². The summed E-state index contributed by atoms with van der Waals surface area (Å²) in [5.41, 5.74) is 2.69. The normalized spacial score (nSPS) is 21.0. The Balaban J connectivity index is 1.77. The highest BCUT2D eigenvalue weighted by Gasteiger charge is 2.25. The van der Waals surface area contributed by atoms with Gasteiger partial charge in [0.1, 0.15) is 0 Å². The highest BCUT2D eigenvalue weighted by molar-refractivity contribution is 7.92. The van der Waals surface area contributed by atoms with Crippen molar-refractivity contribution in [1.29, 1.82) is 0 Å². The number of likely N-dealkylation sites (tertiary alicyclic amines) is 1. The topological polar surface area (TPSA) is 60.9 Å². The molecule has 0 spiro atoms. The largest absolute Gasteiger partial charge is 0.387 e. The lowest BCUT2D eigenvalue weighted by Gasteiger charge is -2.31. The second kappa shape index (κ2) is 6.79. The van der Waals surface area contributed by atoms with E-state index in [4.69, 9.17) is 0 Å². The molecule has 0 saturated carbocycles. The predicted octanol–water partition coefficient (Wildman–Crippen LogP) is 1.92. The number of β-amino-alcohol motifs (C(OH)–C–C–N with tert-alkyl or cyclic N) is 1. The van der Waals surface area contributed by atoms with Crippen LogP contribution in [0.25, 0.3) is 0 Å². The summed E-state index contributed by atoms with van der Waals surface area (Å²) in [5.74, 6) is 0. The van der Waals surface area contributed by atoms with Crippen LogP contribution in [0.15, 0.2) is 18.2 Å². The van der Waals surface area contributed by atoms with Crippen LogP contribution in [0, 0.1) is 0 Å². The molecular weight excluding hydrogens is 312 g/mol. The molecule has 1 saturated heterocycles. The summed E-state index contributed by atoms with van der Waals surface area (Å²) in [6, 6.07) is 5.71. The Morgan fingerprint density at radius 2 is 1.87 bits per heavy atom. The monoisotopic (exact) mass is 338 g/mol. The summed E-state index contributed by atoms with van der Waals surface area (Å²) in [6.45, 7) is 3.32. The molecule has 2 heterocycles. The van der Waals surface area contributed by atoms with Crippen molar-refractivity contribution in [3.8, 4) is 0 Å². The third kappa shape index (κ3) is 3.87. The minimum absolute atomic E-state index is 0.507. The van der Waals surface area contributed by atoms with E-state index in [0.29, 0.717) is 13.1 Å². The van der Waals surface area contributed by atoms with Gasteiger partial charge < -0.3 is 10.0 Å². The van der Waals surface area contributed by atoms with Crippen molar-refractivity contribution in [2.24, 2.45) is 0 Å². The lowest BCUT2D eigenvalue weighted by atomic mass is 9.98. The number of rotatable bonds is 4. The van der Waals surface area contributed by atoms with Crippen molar-refractivity contribution >= 4 is 15.7 Å². The maximum atomic E-state index is 11.9. The molecule has 1 atom stereocenters. The van der Waals surface area contributed by atoms with Crippen LogP contribution in [-0.4, -0.2) is 50.9 Å². The van der Waals surface area contributed by atoms with Gasteiger partial charge in [-0.25, -0.2) is 8.42 Å². The Bertz CT molecular complexity index is 654. The molecule has 1 unspecified atom stereocenters. The van der Waals surface area contributed by atoms with Crippen molar-refractivity contribution < 1.29 is 13.5 Å². The van der Waals surface area contributed by atoms with Crippen LogP contribution in [0.3, 0.4) is 0 Å². The van der Waals surface area contributed by atoms with Crippen LogP contribution in [-0.2, 0) is 16.4 Å². The van der Waals surface area contributed by atoms with Gasteiger partial charge in [0.15, 0.2) is 0 Å². The van der Waals surface area contributed by atoms with Crippen LogP contribution < -0.4 is 4.31 Å². The summed E-state index contributed by atoms with van der Waals surface area (Å²) in [7, 11) is -3.23. The fourth-order valence-electron chi connectivity index (χ4n) is 3.63. The third-order valence-corrected chi connectivity index (χ3v) is 6.02. The number of sulfonamides is 1. The first-order valence-electron chi connectivity index (χ1n) is 8.46. The first-order chi connectivity index (χ1) is 10.9. The average molecular weight is 338 g/mol. The molecule has 128 valence electrons. The predicted molar refractivity (Wildman–Crippen MR) is 92.2 cm³/mol. The van der Waals surface area contributed by atoms with Crippen molar-refractivity contribution in [1.82, 2.24) is 4.90 Å². The van der Waals surface area contributed by atoms with Gasteiger partial charge in [0.05, 0.1) is 18.0 Å². The second-order valence-corrected chi connectivity index (χ2v) is 8.61. The quantitative estimate of drug-likeness (QED) is 0.911. The van der Waals surface area contributed by atoms with Gasteiger partial charge in [-0.15, -0.1) is 0 Å². The highest BCUT2D eigenvalue weighted by atomic mass is 32.2. The van der Waals surface area contributed by atoms with Crippen LogP contribution in [0.1, 0.15) is 42.9 Å². The smallest absolute Gasteiger partial charge is 0.232 e. The summed E-state index contributed by atoms with van der Waals surface area (Å²) >= 11 is 0. The maximum Gasteiger partial charge on any atom is 0.232 e. The number of piperidine rings is 1. The molecular formula is C17H26N2O3S. The van der Waals surface area contributed by atoms with Crippen molar-refractivity contribution in [2.75, 3.05) is 36.7 Å². The van der Waals surface area contributed by atoms with Gasteiger partial charge in [0, 0.05) is 13.1 Å². The molecule has 6 heteroatoms. The number of hydrogen-bond acceptors (Lipinski definition) is 4. The highest BCUT2D eigenvalue weighted by Crippen LogP contribution is 2.31. The zero-order valence-corrected chi connectivity index (χ0v) is 14.6. The molecule has 3 rings (SSSR count). The van der Waals surface area contributed by atoms with Crippen LogP contribution in [0.4, 0.5) is 5.69 Å². The number of nitrogens with zero attached hydrogens (tertiary/aromatic N) is 2. The molecule has 2 aliphatic heterocycles. The van der Waals surface area contributed by atoms with E-state index in [0.717, 1.165) is 42.7 Å². The number of aliphatic hydroxyl groups is 1. The van der Waals surface area contributed by atoms with Gasteiger partial charge in [-0.05, 0) is 56.0 Å². The third-order valence-electron chi connectivity index (χ3n) is 4.84. The molecule has 0 aromatic heterocycles. The van der Waals surface area contributed by atoms with E-state index in [-0.39, 0.29) is 0 Å². The number of aliphatic hydroxyl groups excluding tert-OH is 1. The SMILES string of the molecule is CS(=O)(=O)N1CCCc2cc(C(O)CN3CCCCC3)ccc21. The molecule has 1 fully saturated rings. The van der Waals surface area contributed by atoms with Gasteiger partial charge in [-0.3, -0.25) is 4.31 Å². The van der Waals surface area contributed by atoms with Crippen LogP contribution in [0.5, 0.6) is 0 Å². The lowest BCUT2D eigenvalue weighted by Crippen LogP contribution is -2.35. The molecule has 0 bridgehead atoms. The van der Waals surface area contributed by atoms with E-state index in [2.05, 4.69) is 4.90 Å². The summed E-state index contributed by atoms with van der Waals surface area (Å²) in [6.07, 6.45) is 6.14. The summed E-state index contributed by atoms with van der Waals surface area (Å²) < 4.78 is 25.3. The number of benzene rings is 1. The van der Waals surface area contributed by atoms with Crippen molar-refractivity contribution in [3.05, 3.63) is 29.3 Å². The van der Waals surface area contributed by atoms with E-state index in [1.54, 1.807) is 0 Å². The van der Waals surface area contributed by atoms with Gasteiger partial charge >= 0.3 is 0 Å². The van der Waals surface area contributed by atoms with E-state index in [1.165, 1.54) is 29.8 Å². The van der Waals surface area contributed by atoms with Gasteiger partial charge in [0.25, 0.3) is 0 Å². The molecule has 1 aromatic rings. The Morgan fingerprint density at radius 1 is 1.13 bits per heavy atom. The van der Waals surface area contributed by atoms with E-state index >= 15 is 0 Å². The molecule has 1 aromatic carbocycles. The molecule has 0 radical (unpaired) electrons. The van der Waals surface area contributed by atoms with Crippen LogP contribution in [0.2, 0.25) is 0 Å². The first-order valence-corrected chi connectivity index (χ1v) is 10.3. The van der Waals surface area contributed by atoms with Crippen molar-refractivity contribution in [3.63, 3.8) is 0 Å². The van der Waals surface area contributed by atoms with Gasteiger partial charge in [-0.2, -0.15) is 0 Å². The number of fused-ring (bicyclic) bond motifs is 1. The molecule has 0 aliphatic carbocycles. The number of aryl methyl sites for hydroxylation is 1. The molecule has 5 nitrogen and oxygen atoms in total. The summed E-state index contributed by atoms with van der Waals surface area (Å²) in [4.78, 5) is 2.32. The summed E-state index contributed by atoms with van der Waals surface area (Å²) in [5, 5.41) is 10.5. The zero-order valence-electron chi connectivity index (χ0n) is 13.7. The average Bonchev–Trinajstić information content (AvgIpc) is 2.53. The minimum atomic E-state index is -3.23. The fourth-order valence-corrected chi connectivity index (χ4v) is 4.62. The Morgan fingerprint density at radius 3 is 2.57 bits per heavy atom. The minimum Gasteiger partial charge on any atom is -0.387 e. The molecule has 23 heavy (non-hydrogen) atoms. The zero-order chi connectivity index (χ0) is 16.4. The Hall–Kier alpha value is -1.11. The fraction of sp³-hybridized carbons (Fsp3) is 0.647. The molecule has 0 amide bonds. The van der Waals surface area contributed by atoms with E-state index in [1.807, 2.05) is 18.2 Å². The van der Waals surface area contributed by atoms with E-state index < -0.39 is 16.1 Å². The van der Waals surface area contributed by atoms with Crippen molar-refractivity contribution in [2.45, 2.75) is 38.2 Å². The molecule has 1 N–H and O–H groups in total.